The van der Waals surface area contributed by atoms with Gasteiger partial charge in [-0.1, -0.05) is 18.2 Å². The normalized spacial score (nSPS) is 11.2. The fourth-order valence-corrected chi connectivity index (χ4v) is 1.66. The van der Waals surface area contributed by atoms with Crippen molar-refractivity contribution >= 4 is 5.91 Å². The third kappa shape index (κ3) is 6.82. The summed E-state index contributed by atoms with van der Waals surface area (Å²) < 4.78 is 5.57. The van der Waals surface area contributed by atoms with Crippen LogP contribution in [-0.4, -0.2) is 36.5 Å². The summed E-state index contributed by atoms with van der Waals surface area (Å²) in [6.45, 7) is 5.00. The van der Waals surface area contributed by atoms with E-state index >= 15 is 0 Å². The van der Waals surface area contributed by atoms with Gasteiger partial charge < -0.3 is 15.4 Å². The molecule has 0 unspecified atom stereocenters. The van der Waals surface area contributed by atoms with Crippen molar-refractivity contribution in [2.24, 2.45) is 5.73 Å². The molecule has 0 saturated heterocycles. The minimum absolute atomic E-state index is 0.0761. The highest BCUT2D eigenvalue weighted by Crippen LogP contribution is 2.09. The summed E-state index contributed by atoms with van der Waals surface area (Å²) >= 11 is 0. The number of nitrogens with zero attached hydrogens (tertiary/aromatic N) is 1. The Kier molecular flexibility index (Phi) is 5.83. The van der Waals surface area contributed by atoms with Crippen LogP contribution in [0.5, 0.6) is 5.75 Å². The van der Waals surface area contributed by atoms with Gasteiger partial charge in [-0.05, 0) is 32.4 Å². The maximum absolute atomic E-state index is 11.8. The fraction of sp³-hybridized carbons (Fsp3) is 0.533. The molecule has 106 valence electrons. The number of nitrogens with two attached hydrogens (primary N) is 1. The number of benzene rings is 1. The molecule has 4 heteroatoms. The van der Waals surface area contributed by atoms with Gasteiger partial charge in [-0.2, -0.15) is 0 Å². The summed E-state index contributed by atoms with van der Waals surface area (Å²) in [5.41, 5.74) is 5.38. The SMILES string of the molecule is CN(CCCOc1ccccc1)C(=O)CC(C)(C)N. The third-order valence-corrected chi connectivity index (χ3v) is 2.68. The van der Waals surface area contributed by atoms with E-state index in [9.17, 15) is 4.79 Å². The van der Waals surface area contributed by atoms with Crippen LogP contribution in [0, 0.1) is 0 Å². The summed E-state index contributed by atoms with van der Waals surface area (Å²) in [6, 6.07) is 9.67. The van der Waals surface area contributed by atoms with Gasteiger partial charge in [0.25, 0.3) is 0 Å². The molecular formula is C15H24N2O2. The van der Waals surface area contributed by atoms with E-state index in [1.54, 1.807) is 11.9 Å². The Balaban J connectivity index is 2.20. The lowest BCUT2D eigenvalue weighted by Crippen LogP contribution is -2.40. The van der Waals surface area contributed by atoms with Gasteiger partial charge in [-0.15, -0.1) is 0 Å². The lowest BCUT2D eigenvalue weighted by molar-refractivity contribution is -0.131. The average Bonchev–Trinajstić information content (AvgIpc) is 2.33. The van der Waals surface area contributed by atoms with Crippen LogP contribution in [0.4, 0.5) is 0 Å². The Morgan fingerprint density at radius 2 is 1.95 bits per heavy atom. The Morgan fingerprint density at radius 3 is 2.53 bits per heavy atom. The Labute approximate surface area is 115 Å². The van der Waals surface area contributed by atoms with E-state index in [1.165, 1.54) is 0 Å². The van der Waals surface area contributed by atoms with Gasteiger partial charge in [-0.25, -0.2) is 0 Å². The summed E-state index contributed by atoms with van der Waals surface area (Å²) in [6.07, 6.45) is 1.17. The molecule has 0 saturated carbocycles. The first-order valence-corrected chi connectivity index (χ1v) is 6.59. The molecule has 0 spiro atoms. The van der Waals surface area contributed by atoms with Gasteiger partial charge >= 0.3 is 0 Å². The molecular weight excluding hydrogens is 240 g/mol. The molecule has 2 N–H and O–H groups in total. The molecule has 1 amide bonds. The fourth-order valence-electron chi connectivity index (χ4n) is 1.66. The smallest absolute Gasteiger partial charge is 0.224 e. The van der Waals surface area contributed by atoms with Crippen LogP contribution < -0.4 is 10.5 Å². The van der Waals surface area contributed by atoms with Crippen LogP contribution in [0.15, 0.2) is 30.3 Å². The number of hydrogen-bond donors (Lipinski definition) is 1. The first-order valence-electron chi connectivity index (χ1n) is 6.59. The van der Waals surface area contributed by atoms with E-state index in [1.807, 2.05) is 44.2 Å². The molecule has 0 fully saturated rings. The van der Waals surface area contributed by atoms with Crippen molar-refractivity contribution in [1.82, 2.24) is 4.90 Å². The van der Waals surface area contributed by atoms with Crippen molar-refractivity contribution < 1.29 is 9.53 Å². The summed E-state index contributed by atoms with van der Waals surface area (Å²) in [7, 11) is 1.80. The maximum atomic E-state index is 11.8. The second kappa shape index (κ2) is 7.14. The van der Waals surface area contributed by atoms with E-state index < -0.39 is 5.54 Å². The molecule has 0 atom stereocenters. The number of hydrogen-bond acceptors (Lipinski definition) is 3. The van der Waals surface area contributed by atoms with Crippen molar-refractivity contribution in [2.45, 2.75) is 32.2 Å². The van der Waals surface area contributed by atoms with Gasteiger partial charge in [-0.3, -0.25) is 4.79 Å². The van der Waals surface area contributed by atoms with Crippen molar-refractivity contribution in [3.8, 4) is 5.75 Å². The zero-order valence-electron chi connectivity index (χ0n) is 12.1. The average molecular weight is 264 g/mol. The highest BCUT2D eigenvalue weighted by atomic mass is 16.5. The first kappa shape index (κ1) is 15.5. The minimum atomic E-state index is -0.452. The molecule has 0 heterocycles. The molecule has 0 bridgehead atoms. The van der Waals surface area contributed by atoms with Crippen LogP contribution in [0.25, 0.3) is 0 Å². The van der Waals surface area contributed by atoms with Crippen LogP contribution in [0.3, 0.4) is 0 Å². The molecule has 4 nitrogen and oxygen atoms in total. The van der Waals surface area contributed by atoms with E-state index in [-0.39, 0.29) is 5.91 Å². The number of ether oxygens (including phenoxy) is 1. The number of amides is 1. The van der Waals surface area contributed by atoms with Gasteiger partial charge in [0.05, 0.1) is 6.61 Å². The maximum Gasteiger partial charge on any atom is 0.224 e. The van der Waals surface area contributed by atoms with Gasteiger partial charge in [0, 0.05) is 25.6 Å². The van der Waals surface area contributed by atoms with Crippen LogP contribution in [0.1, 0.15) is 26.7 Å². The number of para-hydroxylation sites is 1. The second-order valence-electron chi connectivity index (χ2n) is 5.50. The molecule has 19 heavy (non-hydrogen) atoms. The van der Waals surface area contributed by atoms with Crippen molar-refractivity contribution in [3.63, 3.8) is 0 Å². The van der Waals surface area contributed by atoms with Gasteiger partial charge in [0.1, 0.15) is 5.75 Å². The van der Waals surface area contributed by atoms with E-state index in [4.69, 9.17) is 10.5 Å². The number of carbonyl (C=O) groups is 1. The van der Waals surface area contributed by atoms with E-state index in [2.05, 4.69) is 0 Å². The molecule has 1 aromatic rings. The number of carbonyl (C=O) groups excluding carboxylic acids is 1. The molecule has 0 aliphatic carbocycles. The summed E-state index contributed by atoms with van der Waals surface area (Å²) in [5, 5.41) is 0. The topological polar surface area (TPSA) is 55.6 Å². The Morgan fingerprint density at radius 1 is 1.32 bits per heavy atom. The molecule has 0 radical (unpaired) electrons. The molecule has 0 aliphatic rings. The predicted molar refractivity (Wildman–Crippen MR) is 77.1 cm³/mol. The third-order valence-electron chi connectivity index (χ3n) is 2.68. The monoisotopic (exact) mass is 264 g/mol. The molecule has 1 aromatic carbocycles. The quantitative estimate of drug-likeness (QED) is 0.767. The first-order chi connectivity index (χ1) is 8.88. The predicted octanol–water partition coefficient (Wildman–Crippen LogP) is 2.04. The van der Waals surface area contributed by atoms with Crippen LogP contribution in [0.2, 0.25) is 0 Å². The van der Waals surface area contributed by atoms with Crippen LogP contribution >= 0.6 is 0 Å². The summed E-state index contributed by atoms with van der Waals surface area (Å²) in [4.78, 5) is 13.5. The van der Waals surface area contributed by atoms with Crippen molar-refractivity contribution in [2.75, 3.05) is 20.2 Å². The van der Waals surface area contributed by atoms with Crippen LogP contribution in [-0.2, 0) is 4.79 Å². The standard InChI is InChI=1S/C15H24N2O2/c1-15(2,16)12-14(18)17(3)10-7-11-19-13-8-5-4-6-9-13/h4-6,8-9H,7,10-12,16H2,1-3H3. The second-order valence-corrected chi connectivity index (χ2v) is 5.50. The molecule has 0 aliphatic heterocycles. The Bertz CT molecular complexity index is 385. The van der Waals surface area contributed by atoms with E-state index in [0.717, 1.165) is 12.2 Å². The highest BCUT2D eigenvalue weighted by molar-refractivity contribution is 5.76. The zero-order chi connectivity index (χ0) is 14.3. The highest BCUT2D eigenvalue weighted by Gasteiger charge is 2.18. The lowest BCUT2D eigenvalue weighted by Gasteiger charge is -2.23. The van der Waals surface area contributed by atoms with Gasteiger partial charge in [0.2, 0.25) is 5.91 Å². The minimum Gasteiger partial charge on any atom is -0.494 e. The van der Waals surface area contributed by atoms with Crippen molar-refractivity contribution in [3.05, 3.63) is 30.3 Å². The zero-order valence-corrected chi connectivity index (χ0v) is 12.1. The largest absolute Gasteiger partial charge is 0.494 e. The number of rotatable bonds is 7. The molecule has 1 rings (SSSR count). The molecule has 0 aromatic heterocycles. The van der Waals surface area contributed by atoms with E-state index in [0.29, 0.717) is 19.6 Å². The summed E-state index contributed by atoms with van der Waals surface area (Å²) in [5.74, 6) is 0.937. The lowest BCUT2D eigenvalue weighted by atomic mass is 10.0. The van der Waals surface area contributed by atoms with Gasteiger partial charge in [0.15, 0.2) is 0 Å². The Hall–Kier alpha value is -1.55. The van der Waals surface area contributed by atoms with Crippen molar-refractivity contribution in [1.29, 1.82) is 0 Å².